The average molecular weight is 442 g/mol. The van der Waals surface area contributed by atoms with Crippen LogP contribution < -0.4 is 16.0 Å². The van der Waals surface area contributed by atoms with Gasteiger partial charge in [0, 0.05) is 12.2 Å². The molecule has 3 amide bonds. The Morgan fingerprint density at radius 2 is 1.50 bits per heavy atom. The molecular weight excluding hydrogens is 406 g/mol. The van der Waals surface area contributed by atoms with Gasteiger partial charge in [0.1, 0.15) is 12.1 Å². The highest BCUT2D eigenvalue weighted by atomic mass is 16.6. The molecule has 174 valence electrons. The van der Waals surface area contributed by atoms with Gasteiger partial charge in [0.05, 0.1) is 5.41 Å². The van der Waals surface area contributed by atoms with Crippen LogP contribution in [0.15, 0.2) is 24.3 Å². The Bertz CT molecular complexity index is 837. The SMILES string of the molecule is CC(C)(C)OC(=O)NCC(=O)NCc1ccc(NC(=O)C23CC4CC(CC(C4)C2)C3)cc1. The summed E-state index contributed by atoms with van der Waals surface area (Å²) in [4.78, 5) is 36.7. The van der Waals surface area contributed by atoms with Crippen LogP contribution in [0.4, 0.5) is 10.5 Å². The minimum absolute atomic E-state index is 0.145. The third-order valence-corrected chi connectivity index (χ3v) is 7.01. The maximum atomic E-state index is 13.2. The normalized spacial score (nSPS) is 28.2. The van der Waals surface area contributed by atoms with E-state index >= 15 is 0 Å². The first kappa shape index (κ1) is 22.6. The van der Waals surface area contributed by atoms with Crippen LogP contribution in [0, 0.1) is 23.2 Å². The second-order valence-corrected chi connectivity index (χ2v) is 11.0. The lowest BCUT2D eigenvalue weighted by atomic mass is 9.49. The fourth-order valence-electron chi connectivity index (χ4n) is 6.09. The third-order valence-electron chi connectivity index (χ3n) is 7.01. The lowest BCUT2D eigenvalue weighted by Gasteiger charge is -2.55. The van der Waals surface area contributed by atoms with Gasteiger partial charge in [-0.3, -0.25) is 9.59 Å². The van der Waals surface area contributed by atoms with E-state index in [0.29, 0.717) is 6.54 Å². The molecule has 1 aromatic rings. The lowest BCUT2D eigenvalue weighted by Crippen LogP contribution is -2.51. The fraction of sp³-hybridized carbons (Fsp3) is 0.640. The molecule has 0 heterocycles. The first-order chi connectivity index (χ1) is 15.1. The Balaban J connectivity index is 1.23. The van der Waals surface area contributed by atoms with E-state index in [-0.39, 0.29) is 23.8 Å². The number of benzene rings is 1. The van der Waals surface area contributed by atoms with Crippen LogP contribution >= 0.6 is 0 Å². The standard InChI is InChI=1S/C25H35N3O4/c1-24(2,3)32-23(31)27-15-21(29)26-14-16-4-6-20(7-5-16)28-22(30)25-11-17-8-18(12-25)10-19(9-17)13-25/h4-7,17-19H,8-15H2,1-3H3,(H,26,29)(H,27,31)(H,28,30). The van der Waals surface area contributed by atoms with E-state index in [9.17, 15) is 14.4 Å². The maximum absolute atomic E-state index is 13.2. The molecule has 4 fully saturated rings. The van der Waals surface area contributed by atoms with Crippen LogP contribution in [0.1, 0.15) is 64.9 Å². The molecule has 0 spiro atoms. The molecule has 0 radical (unpaired) electrons. The van der Waals surface area contributed by atoms with E-state index in [0.717, 1.165) is 48.3 Å². The zero-order valence-corrected chi connectivity index (χ0v) is 19.3. The van der Waals surface area contributed by atoms with Gasteiger partial charge in [0.25, 0.3) is 0 Å². The van der Waals surface area contributed by atoms with Gasteiger partial charge in [-0.1, -0.05) is 12.1 Å². The molecule has 0 unspecified atom stereocenters. The Kier molecular flexibility index (Phi) is 6.19. The topological polar surface area (TPSA) is 96.5 Å². The molecule has 1 aromatic carbocycles. The summed E-state index contributed by atoms with van der Waals surface area (Å²) in [7, 11) is 0. The van der Waals surface area contributed by atoms with Crippen molar-refractivity contribution in [2.75, 3.05) is 11.9 Å². The van der Waals surface area contributed by atoms with E-state index in [2.05, 4.69) is 16.0 Å². The lowest BCUT2D eigenvalue weighted by molar-refractivity contribution is -0.140. The number of anilines is 1. The van der Waals surface area contributed by atoms with Crippen molar-refractivity contribution in [3.8, 4) is 0 Å². The van der Waals surface area contributed by atoms with Gasteiger partial charge in [-0.05, 0) is 94.7 Å². The van der Waals surface area contributed by atoms with Crippen molar-refractivity contribution in [1.82, 2.24) is 10.6 Å². The largest absolute Gasteiger partial charge is 0.444 e. The number of carbonyl (C=O) groups excluding carboxylic acids is 3. The minimum atomic E-state index is -0.619. The summed E-state index contributed by atoms with van der Waals surface area (Å²) in [5, 5.41) is 8.36. The van der Waals surface area contributed by atoms with Gasteiger partial charge in [-0.15, -0.1) is 0 Å². The van der Waals surface area contributed by atoms with Crippen LogP contribution in [0.3, 0.4) is 0 Å². The number of alkyl carbamates (subject to hydrolysis) is 1. The molecule has 4 aliphatic rings. The molecule has 3 N–H and O–H groups in total. The van der Waals surface area contributed by atoms with Gasteiger partial charge in [0.2, 0.25) is 11.8 Å². The van der Waals surface area contributed by atoms with Gasteiger partial charge in [0.15, 0.2) is 0 Å². The summed E-state index contributed by atoms with van der Waals surface area (Å²) in [6.07, 6.45) is 6.48. The maximum Gasteiger partial charge on any atom is 0.408 e. The molecule has 0 aliphatic heterocycles. The second kappa shape index (κ2) is 8.75. The van der Waals surface area contributed by atoms with Crippen LogP contribution in [-0.2, 0) is 20.9 Å². The minimum Gasteiger partial charge on any atom is -0.444 e. The molecule has 4 saturated carbocycles. The predicted molar refractivity (Wildman–Crippen MR) is 122 cm³/mol. The number of ether oxygens (including phenoxy) is 1. The van der Waals surface area contributed by atoms with Crippen LogP contribution in [0.5, 0.6) is 0 Å². The molecular formula is C25H35N3O4. The molecule has 0 saturated heterocycles. The highest BCUT2D eigenvalue weighted by molar-refractivity contribution is 5.95. The number of hydrogen-bond acceptors (Lipinski definition) is 4. The van der Waals surface area contributed by atoms with Gasteiger partial charge < -0.3 is 20.7 Å². The van der Waals surface area contributed by atoms with Crippen molar-refractivity contribution >= 4 is 23.6 Å². The van der Waals surface area contributed by atoms with Crippen molar-refractivity contribution in [3.63, 3.8) is 0 Å². The van der Waals surface area contributed by atoms with E-state index < -0.39 is 11.7 Å². The molecule has 4 bridgehead atoms. The van der Waals surface area contributed by atoms with E-state index in [1.54, 1.807) is 20.8 Å². The number of nitrogens with one attached hydrogen (secondary N) is 3. The highest BCUT2D eigenvalue weighted by Gasteiger charge is 2.54. The summed E-state index contributed by atoms with van der Waals surface area (Å²) < 4.78 is 5.11. The Morgan fingerprint density at radius 1 is 0.938 bits per heavy atom. The fourth-order valence-corrected chi connectivity index (χ4v) is 6.09. The van der Waals surface area contributed by atoms with Gasteiger partial charge in [-0.2, -0.15) is 0 Å². The molecule has 4 aliphatic carbocycles. The summed E-state index contributed by atoms with van der Waals surface area (Å²) in [6.45, 7) is 5.50. The van der Waals surface area contributed by atoms with Crippen LogP contribution in [0.25, 0.3) is 0 Å². The Hall–Kier alpha value is -2.57. The summed E-state index contributed by atoms with van der Waals surface area (Å²) in [5.41, 5.74) is 0.950. The Labute approximate surface area is 190 Å². The summed E-state index contributed by atoms with van der Waals surface area (Å²) in [5.74, 6) is 2.11. The van der Waals surface area contributed by atoms with E-state index in [1.807, 2.05) is 24.3 Å². The molecule has 0 aromatic heterocycles. The quantitative estimate of drug-likeness (QED) is 0.622. The first-order valence-corrected chi connectivity index (χ1v) is 11.7. The van der Waals surface area contributed by atoms with Crippen molar-refractivity contribution in [3.05, 3.63) is 29.8 Å². The van der Waals surface area contributed by atoms with Crippen molar-refractivity contribution in [2.45, 2.75) is 71.4 Å². The summed E-state index contributed by atoms with van der Waals surface area (Å²) >= 11 is 0. The number of hydrogen-bond donors (Lipinski definition) is 3. The van der Waals surface area contributed by atoms with E-state index in [1.165, 1.54) is 19.3 Å². The smallest absolute Gasteiger partial charge is 0.408 e. The first-order valence-electron chi connectivity index (χ1n) is 11.7. The molecule has 7 nitrogen and oxygen atoms in total. The highest BCUT2D eigenvalue weighted by Crippen LogP contribution is 2.60. The Morgan fingerprint density at radius 3 is 2.03 bits per heavy atom. The summed E-state index contributed by atoms with van der Waals surface area (Å²) in [6, 6.07) is 7.57. The molecule has 5 rings (SSSR count). The van der Waals surface area contributed by atoms with Crippen molar-refractivity contribution in [1.29, 1.82) is 0 Å². The average Bonchev–Trinajstić information content (AvgIpc) is 2.69. The number of carbonyl (C=O) groups is 3. The van der Waals surface area contributed by atoms with Gasteiger partial charge in [-0.25, -0.2) is 4.79 Å². The third kappa shape index (κ3) is 5.43. The monoisotopic (exact) mass is 441 g/mol. The van der Waals surface area contributed by atoms with Crippen LogP contribution in [-0.4, -0.2) is 30.1 Å². The number of amides is 3. The second-order valence-electron chi connectivity index (χ2n) is 11.0. The molecule has 0 atom stereocenters. The van der Waals surface area contributed by atoms with Crippen LogP contribution in [0.2, 0.25) is 0 Å². The number of rotatable bonds is 6. The van der Waals surface area contributed by atoms with Crippen molar-refractivity contribution in [2.24, 2.45) is 23.2 Å². The molecule has 32 heavy (non-hydrogen) atoms. The van der Waals surface area contributed by atoms with E-state index in [4.69, 9.17) is 4.74 Å². The van der Waals surface area contributed by atoms with Gasteiger partial charge >= 0.3 is 6.09 Å². The molecule has 7 heteroatoms. The zero-order valence-electron chi connectivity index (χ0n) is 19.3. The van der Waals surface area contributed by atoms with Crippen molar-refractivity contribution < 1.29 is 19.1 Å². The predicted octanol–water partition coefficient (Wildman–Crippen LogP) is 3.98. The zero-order chi connectivity index (χ0) is 22.9.